The van der Waals surface area contributed by atoms with E-state index in [0.717, 1.165) is 38.5 Å². The largest absolute Gasteiger partial charge is 0.246 e. The van der Waals surface area contributed by atoms with Crippen LogP contribution in [0.15, 0.2) is 128 Å². The topological polar surface area (TPSA) is 8.81 Å². The van der Waals surface area contributed by atoms with Crippen molar-refractivity contribution in [2.75, 3.05) is 0 Å². The lowest BCUT2D eigenvalue weighted by Crippen LogP contribution is -2.56. The fourth-order valence-electron chi connectivity index (χ4n) is 8.49. The molecule has 2 aliphatic carbocycles. The predicted molar refractivity (Wildman–Crippen MR) is 177 cm³/mol. The summed E-state index contributed by atoms with van der Waals surface area (Å²) in [5.74, 6) is 0. The summed E-state index contributed by atoms with van der Waals surface area (Å²) in [5, 5.41) is 0. The van der Waals surface area contributed by atoms with Gasteiger partial charge in [0, 0.05) is 22.3 Å². The summed E-state index contributed by atoms with van der Waals surface area (Å²) in [5.41, 5.74) is 13.2. The van der Waals surface area contributed by atoms with E-state index in [0.29, 0.717) is 0 Å². The molecule has 0 saturated heterocycles. The molecule has 0 atom stereocenters. The van der Waals surface area contributed by atoms with E-state index in [9.17, 15) is 0 Å². The molecule has 0 saturated carbocycles. The van der Waals surface area contributed by atoms with Gasteiger partial charge >= 0.3 is 0 Å². The average Bonchev–Trinajstić information content (AvgIpc) is 3.69. The van der Waals surface area contributed by atoms with E-state index < -0.39 is 0 Å². The zero-order chi connectivity index (χ0) is 29.0. The fraction of sp³-hybridized carbons (Fsp3) is 0.244. The number of benzene rings is 5. The molecule has 2 heteroatoms. The Morgan fingerprint density at radius 3 is 1.51 bits per heavy atom. The van der Waals surface area contributed by atoms with Crippen molar-refractivity contribution in [1.29, 1.82) is 0 Å². The average molecular weight is 560 g/mol. The highest BCUT2D eigenvalue weighted by Gasteiger charge is 2.53. The van der Waals surface area contributed by atoms with Crippen LogP contribution in [0.3, 0.4) is 0 Å². The van der Waals surface area contributed by atoms with E-state index in [1.165, 1.54) is 55.5 Å². The Labute approximate surface area is 255 Å². The summed E-state index contributed by atoms with van der Waals surface area (Å²) in [6.45, 7) is 4.64. The molecule has 0 fully saturated rings. The summed E-state index contributed by atoms with van der Waals surface area (Å²) < 4.78 is 5.33. The van der Waals surface area contributed by atoms with Gasteiger partial charge in [-0.3, -0.25) is 0 Å². The van der Waals surface area contributed by atoms with Gasteiger partial charge in [-0.2, -0.15) is 0 Å². The summed E-state index contributed by atoms with van der Waals surface area (Å²) in [7, 11) is 0. The van der Waals surface area contributed by atoms with Crippen molar-refractivity contribution in [2.45, 2.75) is 63.5 Å². The fourth-order valence-corrected chi connectivity index (χ4v) is 8.49. The van der Waals surface area contributed by atoms with Crippen LogP contribution < -0.4 is 4.57 Å². The highest BCUT2D eigenvalue weighted by atomic mass is 15.2. The quantitative estimate of drug-likeness (QED) is 0.164. The van der Waals surface area contributed by atoms with Gasteiger partial charge in [0.1, 0.15) is 0 Å². The molecule has 212 valence electrons. The lowest BCUT2D eigenvalue weighted by molar-refractivity contribution is -0.721. The SMILES string of the molecule is CCCCC1(n2c[n+](C3(CCCC)c4ccccc4-c4ccccc43)c3ccccc32)c2ccccc2-c2ccccc21. The number of fused-ring (bicyclic) bond motifs is 7. The Kier molecular flexibility index (Phi) is 6.15. The minimum absolute atomic E-state index is 0.280. The Bertz CT molecular complexity index is 1740. The summed E-state index contributed by atoms with van der Waals surface area (Å²) in [4.78, 5) is 0. The molecular weight excluding hydrogens is 520 g/mol. The zero-order valence-corrected chi connectivity index (χ0v) is 25.3. The van der Waals surface area contributed by atoms with Gasteiger partial charge in [0.05, 0.1) is 0 Å². The van der Waals surface area contributed by atoms with Crippen LogP contribution in [-0.2, 0) is 11.1 Å². The molecule has 2 nitrogen and oxygen atoms in total. The Morgan fingerprint density at radius 2 is 0.953 bits per heavy atom. The molecule has 0 unspecified atom stereocenters. The first-order chi connectivity index (χ1) is 21.3. The number of hydrogen-bond donors (Lipinski definition) is 0. The number of nitrogens with zero attached hydrogens (tertiary/aromatic N) is 2. The van der Waals surface area contributed by atoms with Crippen molar-refractivity contribution >= 4 is 11.0 Å². The molecule has 43 heavy (non-hydrogen) atoms. The Hall–Kier alpha value is -4.43. The van der Waals surface area contributed by atoms with Crippen molar-refractivity contribution in [3.8, 4) is 22.3 Å². The van der Waals surface area contributed by atoms with Crippen LogP contribution in [-0.4, -0.2) is 4.57 Å². The van der Waals surface area contributed by atoms with Gasteiger partial charge in [-0.25, -0.2) is 9.13 Å². The van der Waals surface area contributed by atoms with E-state index in [1.54, 1.807) is 0 Å². The third-order valence-electron chi connectivity index (χ3n) is 10.3. The molecule has 0 bridgehead atoms. The Morgan fingerprint density at radius 1 is 0.512 bits per heavy atom. The molecule has 6 aromatic rings. The van der Waals surface area contributed by atoms with E-state index in [2.05, 4.69) is 151 Å². The standard InChI is InChI=1S/C41H39N2/c1-3-5-27-40(34-21-11-7-17-30(34)31-18-8-12-22-35(31)40)42-29-43(39-26-16-15-25-38(39)42)41(28-6-4-2)36-23-13-9-19-32(36)33-20-10-14-24-37(33)41/h7-26,29H,3-6,27-28H2,1-2H3/q+1. The third kappa shape index (κ3) is 3.50. The second-order valence-corrected chi connectivity index (χ2v) is 12.5. The van der Waals surface area contributed by atoms with Crippen molar-refractivity contribution in [3.63, 3.8) is 0 Å². The second-order valence-electron chi connectivity index (χ2n) is 12.5. The van der Waals surface area contributed by atoms with Gasteiger partial charge in [0.15, 0.2) is 22.1 Å². The normalized spacial score (nSPS) is 15.2. The minimum Gasteiger partial charge on any atom is -0.216 e. The van der Waals surface area contributed by atoms with Crippen LogP contribution in [0, 0.1) is 0 Å². The van der Waals surface area contributed by atoms with Gasteiger partial charge in [0.2, 0.25) is 6.33 Å². The molecule has 0 radical (unpaired) electrons. The van der Waals surface area contributed by atoms with E-state index in [-0.39, 0.29) is 11.1 Å². The van der Waals surface area contributed by atoms with E-state index in [1.807, 2.05) is 0 Å². The van der Waals surface area contributed by atoms with Crippen LogP contribution >= 0.6 is 0 Å². The van der Waals surface area contributed by atoms with Gasteiger partial charge in [-0.1, -0.05) is 136 Å². The molecule has 5 aromatic carbocycles. The first kappa shape index (κ1) is 26.2. The monoisotopic (exact) mass is 559 g/mol. The Balaban J connectivity index is 1.50. The molecule has 0 amide bonds. The third-order valence-corrected chi connectivity index (χ3v) is 10.3. The number of aromatic nitrogens is 2. The number of hydrogen-bond acceptors (Lipinski definition) is 0. The molecule has 8 rings (SSSR count). The van der Waals surface area contributed by atoms with Crippen LogP contribution in [0.4, 0.5) is 0 Å². The molecule has 1 heterocycles. The van der Waals surface area contributed by atoms with Crippen LogP contribution in [0.25, 0.3) is 33.3 Å². The lowest BCUT2D eigenvalue weighted by Gasteiger charge is -2.31. The van der Waals surface area contributed by atoms with Crippen molar-refractivity contribution in [3.05, 3.63) is 150 Å². The predicted octanol–water partition coefficient (Wildman–Crippen LogP) is 9.85. The number of unbranched alkanes of at least 4 members (excludes halogenated alkanes) is 2. The summed E-state index contributed by atoms with van der Waals surface area (Å²) >= 11 is 0. The smallest absolute Gasteiger partial charge is 0.216 e. The van der Waals surface area contributed by atoms with E-state index >= 15 is 0 Å². The van der Waals surface area contributed by atoms with Crippen molar-refractivity contribution in [1.82, 2.24) is 4.57 Å². The maximum atomic E-state index is 2.67. The zero-order valence-electron chi connectivity index (χ0n) is 25.3. The lowest BCUT2D eigenvalue weighted by atomic mass is 9.82. The summed E-state index contributed by atoms with van der Waals surface area (Å²) in [6.07, 6.45) is 9.26. The van der Waals surface area contributed by atoms with Crippen molar-refractivity contribution in [2.24, 2.45) is 0 Å². The van der Waals surface area contributed by atoms with E-state index in [4.69, 9.17) is 0 Å². The second kappa shape index (κ2) is 10.1. The molecular formula is C41H39N2+. The van der Waals surface area contributed by atoms with Gasteiger partial charge in [-0.15, -0.1) is 0 Å². The number of imidazole rings is 1. The van der Waals surface area contributed by atoms with Crippen LogP contribution in [0.5, 0.6) is 0 Å². The highest BCUT2D eigenvalue weighted by Crippen LogP contribution is 2.54. The van der Waals surface area contributed by atoms with Crippen LogP contribution in [0.2, 0.25) is 0 Å². The highest BCUT2D eigenvalue weighted by molar-refractivity contribution is 5.84. The molecule has 0 spiro atoms. The number of para-hydroxylation sites is 2. The summed E-state index contributed by atoms with van der Waals surface area (Å²) in [6, 6.07) is 45.7. The maximum absolute atomic E-state index is 2.67. The molecule has 1 aromatic heterocycles. The first-order valence-corrected chi connectivity index (χ1v) is 16.2. The number of rotatable bonds is 8. The molecule has 0 aliphatic heterocycles. The minimum atomic E-state index is -0.280. The van der Waals surface area contributed by atoms with Crippen LogP contribution in [0.1, 0.15) is 74.6 Å². The molecule has 0 N–H and O–H groups in total. The molecule has 2 aliphatic rings. The van der Waals surface area contributed by atoms with Gasteiger partial charge < -0.3 is 0 Å². The first-order valence-electron chi connectivity index (χ1n) is 16.2. The van der Waals surface area contributed by atoms with Gasteiger partial charge in [-0.05, 0) is 60.1 Å². The maximum Gasteiger partial charge on any atom is 0.246 e. The van der Waals surface area contributed by atoms with Crippen molar-refractivity contribution < 1.29 is 4.57 Å². The van der Waals surface area contributed by atoms with Gasteiger partial charge in [0.25, 0.3) is 0 Å².